The van der Waals surface area contributed by atoms with Crippen molar-refractivity contribution < 1.29 is 4.79 Å². The van der Waals surface area contributed by atoms with Crippen LogP contribution in [0.15, 0.2) is 47.5 Å². The molecule has 0 bridgehead atoms. The fraction of sp³-hybridized carbons (Fsp3) is 0.188. The second kappa shape index (κ2) is 7.44. The lowest BCUT2D eigenvalue weighted by atomic mass is 9.98. The summed E-state index contributed by atoms with van der Waals surface area (Å²) in [5.41, 5.74) is 9.41. The molecule has 0 aliphatic carbocycles. The number of hydrogen-bond donors (Lipinski definition) is 3. The van der Waals surface area contributed by atoms with E-state index in [0.717, 1.165) is 17.7 Å². The largest absolute Gasteiger partial charge is 0.331 e. The molecule has 0 radical (unpaired) electrons. The van der Waals surface area contributed by atoms with Crippen molar-refractivity contribution in [3.8, 4) is 0 Å². The summed E-state index contributed by atoms with van der Waals surface area (Å²) in [5, 5.41) is 0. The number of aromatic nitrogens is 1. The van der Waals surface area contributed by atoms with Gasteiger partial charge in [-0.3, -0.25) is 4.79 Å². The number of rotatable bonds is 2. The number of Topliss-reactive ketones (excluding diaryl/α,β-unsaturated/α-hetero) is 1. The number of fused-ring (bicyclic) bond motifs is 1. The number of nitrogens with zero attached hydrogens (tertiary/aromatic N) is 2. The Morgan fingerprint density at radius 2 is 1.86 bits per heavy atom. The molecule has 2 aromatic rings. The van der Waals surface area contributed by atoms with Crippen LogP contribution >= 0.6 is 0 Å². The van der Waals surface area contributed by atoms with Gasteiger partial charge in [-0.1, -0.05) is 43.3 Å². The molecule has 6 heteroatoms. The molecule has 3 rings (SSSR count). The number of hydrogen-bond acceptors (Lipinski definition) is 6. The van der Waals surface area contributed by atoms with E-state index < -0.39 is 0 Å². The van der Waals surface area contributed by atoms with Gasteiger partial charge >= 0.3 is 0 Å². The van der Waals surface area contributed by atoms with Crippen molar-refractivity contribution in [3.05, 3.63) is 53.6 Å². The lowest BCUT2D eigenvalue weighted by Gasteiger charge is -2.14. The Bertz CT molecular complexity index is 682. The summed E-state index contributed by atoms with van der Waals surface area (Å²) in [6.45, 7) is 2.65. The minimum atomic E-state index is 0.00829. The second-order valence-corrected chi connectivity index (χ2v) is 4.66. The van der Waals surface area contributed by atoms with Crippen LogP contribution in [0.4, 0.5) is 11.6 Å². The van der Waals surface area contributed by atoms with Crippen molar-refractivity contribution in [2.75, 3.05) is 12.0 Å². The predicted molar refractivity (Wildman–Crippen MR) is 88.1 cm³/mol. The number of carbonyl (C=O) groups excluding carboxylic acids is 1. The zero-order valence-electron chi connectivity index (χ0n) is 12.4. The molecule has 1 aromatic heterocycles. The Morgan fingerprint density at radius 3 is 2.50 bits per heavy atom. The number of anilines is 1. The third kappa shape index (κ3) is 3.55. The number of pyridine rings is 1. The normalized spacial score (nSPS) is 12.7. The maximum atomic E-state index is 12.1. The second-order valence-electron chi connectivity index (χ2n) is 4.66. The van der Waals surface area contributed by atoms with Crippen molar-refractivity contribution in [1.82, 2.24) is 4.98 Å². The molecule has 6 nitrogen and oxygen atoms in total. The van der Waals surface area contributed by atoms with Gasteiger partial charge in [-0.05, 0) is 12.6 Å². The highest BCUT2D eigenvalue weighted by molar-refractivity contribution is 6.47. The Balaban J connectivity index is 0.000000545. The SMILES string of the molecule is CCN.NNc1ccc2c(n1)N=C(c1ccccc1)C(=O)C2. The van der Waals surface area contributed by atoms with Crippen molar-refractivity contribution in [3.63, 3.8) is 0 Å². The van der Waals surface area contributed by atoms with E-state index in [1.165, 1.54) is 0 Å². The van der Waals surface area contributed by atoms with Crippen LogP contribution in [0.25, 0.3) is 0 Å². The monoisotopic (exact) mass is 297 g/mol. The van der Waals surface area contributed by atoms with Gasteiger partial charge in [0.2, 0.25) is 0 Å². The van der Waals surface area contributed by atoms with Crippen LogP contribution in [0.5, 0.6) is 0 Å². The lowest BCUT2D eigenvalue weighted by Crippen LogP contribution is -2.22. The highest BCUT2D eigenvalue weighted by Gasteiger charge is 2.22. The quantitative estimate of drug-likeness (QED) is 0.576. The average Bonchev–Trinajstić information content (AvgIpc) is 2.55. The molecule has 22 heavy (non-hydrogen) atoms. The summed E-state index contributed by atoms with van der Waals surface area (Å²) in [5.74, 6) is 6.42. The number of nitrogens with one attached hydrogen (secondary N) is 1. The van der Waals surface area contributed by atoms with Crippen LogP contribution in [-0.2, 0) is 11.2 Å². The number of nitrogens with two attached hydrogens (primary N) is 2. The molecule has 0 fully saturated rings. The van der Waals surface area contributed by atoms with Gasteiger partial charge in [0, 0.05) is 17.5 Å². The van der Waals surface area contributed by atoms with Crippen molar-refractivity contribution in [2.45, 2.75) is 13.3 Å². The van der Waals surface area contributed by atoms with E-state index in [1.807, 2.05) is 43.3 Å². The summed E-state index contributed by atoms with van der Waals surface area (Å²) in [6, 6.07) is 13.0. The van der Waals surface area contributed by atoms with Gasteiger partial charge in [0.15, 0.2) is 11.6 Å². The minimum Gasteiger partial charge on any atom is -0.331 e. The predicted octanol–water partition coefficient (Wildman–Crippen LogP) is 1.58. The molecule has 0 saturated carbocycles. The van der Waals surface area contributed by atoms with Crippen LogP contribution in [0, 0.1) is 0 Å². The number of carbonyl (C=O) groups is 1. The highest BCUT2D eigenvalue weighted by atomic mass is 16.1. The Kier molecular flexibility index (Phi) is 5.35. The van der Waals surface area contributed by atoms with E-state index in [4.69, 9.17) is 11.6 Å². The number of benzene rings is 1. The molecule has 1 aliphatic heterocycles. The van der Waals surface area contributed by atoms with E-state index in [1.54, 1.807) is 6.07 Å². The first-order valence-electron chi connectivity index (χ1n) is 7.03. The van der Waals surface area contributed by atoms with E-state index in [2.05, 4.69) is 15.4 Å². The molecule has 0 spiro atoms. The Labute approximate surface area is 129 Å². The van der Waals surface area contributed by atoms with Crippen molar-refractivity contribution in [2.24, 2.45) is 16.6 Å². The fourth-order valence-corrected chi connectivity index (χ4v) is 2.04. The van der Waals surface area contributed by atoms with E-state index >= 15 is 0 Å². The first kappa shape index (κ1) is 15.8. The summed E-state index contributed by atoms with van der Waals surface area (Å²) in [7, 11) is 0. The molecule has 0 amide bonds. The number of nitrogen functional groups attached to an aromatic ring is 1. The van der Waals surface area contributed by atoms with Gasteiger partial charge in [0.1, 0.15) is 11.5 Å². The molecular formula is C16H19N5O. The van der Waals surface area contributed by atoms with Crippen LogP contribution in [0.3, 0.4) is 0 Å². The zero-order valence-corrected chi connectivity index (χ0v) is 12.4. The molecule has 0 unspecified atom stereocenters. The standard InChI is InChI=1S/C14H12N4O.C2H7N/c15-18-12-7-6-10-8-11(19)13(17-14(10)16-12)9-4-2-1-3-5-9;1-2-3/h1-7H,8,15H2,(H,16,18);2-3H2,1H3. The number of hydrazine groups is 1. The molecule has 0 saturated heterocycles. The molecule has 114 valence electrons. The van der Waals surface area contributed by atoms with E-state index in [9.17, 15) is 4.79 Å². The molecular weight excluding hydrogens is 278 g/mol. The first-order chi connectivity index (χ1) is 10.7. The smallest absolute Gasteiger partial charge is 0.186 e. The average molecular weight is 297 g/mol. The van der Waals surface area contributed by atoms with Gasteiger partial charge in [-0.25, -0.2) is 15.8 Å². The number of ketones is 1. The lowest BCUT2D eigenvalue weighted by molar-refractivity contribution is -0.112. The Morgan fingerprint density at radius 1 is 1.18 bits per heavy atom. The molecule has 2 heterocycles. The van der Waals surface area contributed by atoms with Gasteiger partial charge in [0.25, 0.3) is 0 Å². The highest BCUT2D eigenvalue weighted by Crippen LogP contribution is 2.25. The van der Waals surface area contributed by atoms with Crippen LogP contribution in [-0.4, -0.2) is 23.0 Å². The van der Waals surface area contributed by atoms with Crippen LogP contribution in [0.1, 0.15) is 18.1 Å². The van der Waals surface area contributed by atoms with Crippen LogP contribution in [0.2, 0.25) is 0 Å². The summed E-state index contributed by atoms with van der Waals surface area (Å²) >= 11 is 0. The Hall–Kier alpha value is -2.57. The van der Waals surface area contributed by atoms with Crippen molar-refractivity contribution in [1.29, 1.82) is 0 Å². The minimum absolute atomic E-state index is 0.00829. The molecule has 1 aromatic carbocycles. The molecule has 5 N–H and O–H groups in total. The molecule has 0 atom stereocenters. The van der Waals surface area contributed by atoms with E-state index in [-0.39, 0.29) is 5.78 Å². The zero-order chi connectivity index (χ0) is 15.9. The summed E-state index contributed by atoms with van der Waals surface area (Å²) < 4.78 is 0. The topological polar surface area (TPSA) is 106 Å². The summed E-state index contributed by atoms with van der Waals surface area (Å²) in [6.07, 6.45) is 0.320. The molecule has 1 aliphatic rings. The van der Waals surface area contributed by atoms with Gasteiger partial charge in [0.05, 0.1) is 0 Å². The maximum Gasteiger partial charge on any atom is 0.186 e. The number of aliphatic imine (C=N–C) groups is 1. The van der Waals surface area contributed by atoms with Crippen molar-refractivity contribution >= 4 is 23.1 Å². The fourth-order valence-electron chi connectivity index (χ4n) is 2.04. The first-order valence-corrected chi connectivity index (χ1v) is 7.03. The van der Waals surface area contributed by atoms with Gasteiger partial charge < -0.3 is 11.2 Å². The van der Waals surface area contributed by atoms with Gasteiger partial charge in [-0.2, -0.15) is 0 Å². The third-order valence-electron chi connectivity index (χ3n) is 2.98. The van der Waals surface area contributed by atoms with Crippen LogP contribution < -0.4 is 17.0 Å². The maximum absolute atomic E-state index is 12.1. The van der Waals surface area contributed by atoms with Gasteiger partial charge in [-0.15, -0.1) is 0 Å². The third-order valence-corrected chi connectivity index (χ3v) is 2.98. The van der Waals surface area contributed by atoms with E-state index in [0.29, 0.717) is 23.8 Å². The summed E-state index contributed by atoms with van der Waals surface area (Å²) in [4.78, 5) is 20.7.